The van der Waals surface area contributed by atoms with E-state index in [9.17, 15) is 4.79 Å². The minimum Gasteiger partial charge on any atom is -0.348 e. The van der Waals surface area contributed by atoms with Crippen LogP contribution in [0.2, 0.25) is 0 Å². The number of hydrogen-bond acceptors (Lipinski definition) is 3. The molecule has 3 aromatic rings. The van der Waals surface area contributed by atoms with Crippen molar-refractivity contribution in [1.82, 2.24) is 19.3 Å². The first-order valence-electron chi connectivity index (χ1n) is 9.09. The zero-order valence-corrected chi connectivity index (χ0v) is 15.9. The predicted octanol–water partition coefficient (Wildman–Crippen LogP) is 4.29. The molecule has 3 rings (SSSR count). The number of carbonyl (C=O) groups excluding carboxylic acids is 1. The molecule has 0 atom stereocenters. The van der Waals surface area contributed by atoms with Crippen LogP contribution in [0.1, 0.15) is 42.0 Å². The standard InChI is InChI=1S/C21H26N4O/c1-15(2)8-12-24-16(3)13-19(17(24)4)21(26)14-25-20(7-11-23-25)18-5-9-22-10-6-18/h5-7,9-11,13,15H,8,12,14H2,1-4H3. The molecule has 3 heterocycles. The third-order valence-corrected chi connectivity index (χ3v) is 4.79. The number of pyridine rings is 1. The van der Waals surface area contributed by atoms with E-state index in [1.165, 1.54) is 0 Å². The van der Waals surface area contributed by atoms with Crippen LogP contribution < -0.4 is 0 Å². The molecule has 0 amide bonds. The zero-order chi connectivity index (χ0) is 18.7. The number of carbonyl (C=O) groups is 1. The van der Waals surface area contributed by atoms with E-state index in [0.717, 1.165) is 41.2 Å². The lowest BCUT2D eigenvalue weighted by molar-refractivity contribution is 0.0967. The molecule has 0 spiro atoms. The number of nitrogens with zero attached hydrogens (tertiary/aromatic N) is 4. The molecule has 0 aliphatic rings. The Morgan fingerprint density at radius 2 is 1.85 bits per heavy atom. The monoisotopic (exact) mass is 350 g/mol. The summed E-state index contributed by atoms with van der Waals surface area (Å²) in [5, 5.41) is 4.35. The number of Topliss-reactive ketones (excluding diaryl/α,β-unsaturated/α-hetero) is 1. The van der Waals surface area contributed by atoms with E-state index in [1.54, 1.807) is 23.3 Å². The van der Waals surface area contributed by atoms with Crippen LogP contribution in [0.5, 0.6) is 0 Å². The van der Waals surface area contributed by atoms with Gasteiger partial charge in [0, 0.05) is 47.7 Å². The molecule has 0 saturated heterocycles. The lowest BCUT2D eigenvalue weighted by Crippen LogP contribution is -2.14. The fraction of sp³-hybridized carbons (Fsp3) is 0.381. The summed E-state index contributed by atoms with van der Waals surface area (Å²) in [7, 11) is 0. The van der Waals surface area contributed by atoms with Crippen LogP contribution in [0.3, 0.4) is 0 Å². The molecule has 136 valence electrons. The molecular weight excluding hydrogens is 324 g/mol. The SMILES string of the molecule is Cc1cc(C(=O)Cn2nccc2-c2ccncc2)c(C)n1CCC(C)C. The first-order valence-corrected chi connectivity index (χ1v) is 9.09. The van der Waals surface area contributed by atoms with Gasteiger partial charge in [-0.1, -0.05) is 13.8 Å². The van der Waals surface area contributed by atoms with Gasteiger partial charge in [0.25, 0.3) is 0 Å². The molecule has 5 nitrogen and oxygen atoms in total. The highest BCUT2D eigenvalue weighted by atomic mass is 16.1. The second kappa shape index (κ2) is 7.68. The summed E-state index contributed by atoms with van der Waals surface area (Å²) in [6.07, 6.45) is 6.33. The predicted molar refractivity (Wildman–Crippen MR) is 103 cm³/mol. The Labute approximate surface area is 154 Å². The van der Waals surface area contributed by atoms with Crippen LogP contribution in [-0.2, 0) is 13.1 Å². The van der Waals surface area contributed by atoms with Crippen LogP contribution >= 0.6 is 0 Å². The summed E-state index contributed by atoms with van der Waals surface area (Å²) < 4.78 is 4.01. The van der Waals surface area contributed by atoms with Crippen molar-refractivity contribution in [3.05, 3.63) is 59.8 Å². The van der Waals surface area contributed by atoms with Crippen LogP contribution in [0.25, 0.3) is 11.3 Å². The Bertz CT molecular complexity index is 890. The average molecular weight is 350 g/mol. The van der Waals surface area contributed by atoms with Crippen molar-refractivity contribution < 1.29 is 4.79 Å². The van der Waals surface area contributed by atoms with Gasteiger partial charge >= 0.3 is 0 Å². The third-order valence-electron chi connectivity index (χ3n) is 4.79. The maximum atomic E-state index is 12.9. The normalized spacial score (nSPS) is 11.3. The van der Waals surface area contributed by atoms with Gasteiger partial charge in [-0.3, -0.25) is 14.5 Å². The van der Waals surface area contributed by atoms with Crippen molar-refractivity contribution in [3.63, 3.8) is 0 Å². The summed E-state index contributed by atoms with van der Waals surface area (Å²) in [5.41, 5.74) is 4.91. The van der Waals surface area contributed by atoms with Gasteiger partial charge in [0.05, 0.1) is 5.69 Å². The largest absolute Gasteiger partial charge is 0.348 e. The van der Waals surface area contributed by atoms with E-state index < -0.39 is 0 Å². The topological polar surface area (TPSA) is 52.7 Å². The summed E-state index contributed by atoms with van der Waals surface area (Å²) in [6, 6.07) is 7.79. The fourth-order valence-electron chi connectivity index (χ4n) is 3.26. The summed E-state index contributed by atoms with van der Waals surface area (Å²) in [5.74, 6) is 0.732. The van der Waals surface area contributed by atoms with E-state index in [4.69, 9.17) is 0 Å². The minimum atomic E-state index is 0.0907. The molecule has 0 unspecified atom stereocenters. The summed E-state index contributed by atoms with van der Waals surface area (Å²) in [4.78, 5) is 17.0. The van der Waals surface area contributed by atoms with Crippen molar-refractivity contribution in [2.45, 2.75) is 47.2 Å². The zero-order valence-electron chi connectivity index (χ0n) is 15.9. The number of ketones is 1. The van der Waals surface area contributed by atoms with Crippen molar-refractivity contribution in [2.24, 2.45) is 5.92 Å². The smallest absolute Gasteiger partial charge is 0.186 e. The molecule has 0 aromatic carbocycles. The summed E-state index contributed by atoms with van der Waals surface area (Å²) in [6.45, 7) is 9.73. The molecule has 0 bridgehead atoms. The van der Waals surface area contributed by atoms with E-state index in [-0.39, 0.29) is 12.3 Å². The Morgan fingerprint density at radius 1 is 1.12 bits per heavy atom. The van der Waals surface area contributed by atoms with Crippen LogP contribution in [0.4, 0.5) is 0 Å². The van der Waals surface area contributed by atoms with Gasteiger partial charge in [-0.05, 0) is 50.5 Å². The van der Waals surface area contributed by atoms with Gasteiger partial charge in [0.1, 0.15) is 6.54 Å². The molecule has 0 radical (unpaired) electrons. The molecule has 0 saturated carbocycles. The first kappa shape index (κ1) is 18.1. The Morgan fingerprint density at radius 3 is 2.54 bits per heavy atom. The van der Waals surface area contributed by atoms with Gasteiger partial charge < -0.3 is 4.57 Å². The number of aromatic nitrogens is 4. The fourth-order valence-corrected chi connectivity index (χ4v) is 3.26. The molecule has 0 fully saturated rings. The van der Waals surface area contributed by atoms with Crippen LogP contribution in [-0.4, -0.2) is 25.1 Å². The Hall–Kier alpha value is -2.69. The number of aryl methyl sites for hydroxylation is 1. The van der Waals surface area contributed by atoms with Gasteiger partial charge in [-0.15, -0.1) is 0 Å². The Kier molecular flexibility index (Phi) is 5.35. The highest BCUT2D eigenvalue weighted by Crippen LogP contribution is 2.21. The second-order valence-electron chi connectivity index (χ2n) is 7.15. The van der Waals surface area contributed by atoms with Crippen molar-refractivity contribution in [2.75, 3.05) is 0 Å². The van der Waals surface area contributed by atoms with Gasteiger partial charge in [-0.25, -0.2) is 0 Å². The average Bonchev–Trinajstić information content (AvgIpc) is 3.18. The molecule has 0 aliphatic heterocycles. The van der Waals surface area contributed by atoms with Crippen LogP contribution in [0, 0.1) is 19.8 Å². The summed E-state index contributed by atoms with van der Waals surface area (Å²) >= 11 is 0. The molecule has 26 heavy (non-hydrogen) atoms. The number of rotatable bonds is 7. The molecule has 0 N–H and O–H groups in total. The third kappa shape index (κ3) is 3.77. The van der Waals surface area contributed by atoms with E-state index in [0.29, 0.717) is 5.92 Å². The molecule has 3 aromatic heterocycles. The second-order valence-corrected chi connectivity index (χ2v) is 7.15. The van der Waals surface area contributed by atoms with Crippen molar-refractivity contribution in [3.8, 4) is 11.3 Å². The molecule has 0 aliphatic carbocycles. The highest BCUT2D eigenvalue weighted by Gasteiger charge is 2.18. The Balaban J connectivity index is 1.82. The van der Waals surface area contributed by atoms with Gasteiger partial charge in [-0.2, -0.15) is 5.10 Å². The molecular formula is C21H26N4O. The van der Waals surface area contributed by atoms with Crippen molar-refractivity contribution >= 4 is 5.78 Å². The van der Waals surface area contributed by atoms with E-state index in [1.807, 2.05) is 31.2 Å². The highest BCUT2D eigenvalue weighted by molar-refractivity contribution is 5.97. The van der Waals surface area contributed by atoms with Crippen molar-refractivity contribution in [1.29, 1.82) is 0 Å². The van der Waals surface area contributed by atoms with Gasteiger partial charge in [0.15, 0.2) is 5.78 Å². The number of hydrogen-bond donors (Lipinski definition) is 0. The molecule has 5 heteroatoms. The minimum absolute atomic E-state index is 0.0907. The first-order chi connectivity index (χ1) is 12.5. The maximum Gasteiger partial charge on any atom is 0.186 e. The van der Waals surface area contributed by atoms with Gasteiger partial charge in [0.2, 0.25) is 0 Å². The quantitative estimate of drug-likeness (QED) is 0.597. The maximum absolute atomic E-state index is 12.9. The van der Waals surface area contributed by atoms with E-state index in [2.05, 4.69) is 35.4 Å². The lowest BCUT2D eigenvalue weighted by Gasteiger charge is -2.11. The van der Waals surface area contributed by atoms with Crippen LogP contribution in [0.15, 0.2) is 42.9 Å². The lowest BCUT2D eigenvalue weighted by atomic mass is 10.1. The van der Waals surface area contributed by atoms with E-state index >= 15 is 0 Å².